The van der Waals surface area contributed by atoms with Gasteiger partial charge in [0.2, 0.25) is 0 Å². The van der Waals surface area contributed by atoms with Crippen molar-refractivity contribution in [2.45, 2.75) is 45.7 Å². The normalized spacial score (nSPS) is 37.5. The Bertz CT molecular complexity index is 355. The van der Waals surface area contributed by atoms with E-state index in [9.17, 15) is 9.59 Å². The summed E-state index contributed by atoms with van der Waals surface area (Å²) < 4.78 is 21.6. The van der Waals surface area contributed by atoms with Crippen molar-refractivity contribution in [3.05, 3.63) is 0 Å². The molecule has 2 saturated heterocycles. The van der Waals surface area contributed by atoms with Gasteiger partial charge in [-0.2, -0.15) is 0 Å². The lowest BCUT2D eigenvalue weighted by Crippen LogP contribution is -2.48. The van der Waals surface area contributed by atoms with E-state index >= 15 is 0 Å². The predicted molar refractivity (Wildman–Crippen MR) is 64.1 cm³/mol. The Hall–Kier alpha value is -1.14. The Morgan fingerprint density at radius 1 is 1.26 bits per heavy atom. The molecule has 2 heterocycles. The van der Waals surface area contributed by atoms with Crippen LogP contribution in [0.25, 0.3) is 0 Å². The molecule has 5 atom stereocenters. The number of carbonyl (C=O) groups is 2. The third kappa shape index (κ3) is 3.45. The molecule has 2 rings (SSSR count). The summed E-state index contributed by atoms with van der Waals surface area (Å²) >= 11 is 0. The average molecular weight is 272 g/mol. The van der Waals surface area contributed by atoms with Crippen molar-refractivity contribution >= 4 is 11.9 Å². The first-order chi connectivity index (χ1) is 8.97. The van der Waals surface area contributed by atoms with Crippen LogP contribution in [0.5, 0.6) is 0 Å². The van der Waals surface area contributed by atoms with Crippen molar-refractivity contribution in [1.82, 2.24) is 0 Å². The number of fused-ring (bicyclic) bond motifs is 1. The van der Waals surface area contributed by atoms with Crippen LogP contribution in [0.4, 0.5) is 0 Å². The van der Waals surface area contributed by atoms with Crippen LogP contribution in [0, 0.1) is 11.8 Å². The molecule has 19 heavy (non-hydrogen) atoms. The SMILES string of the molecule is CC(=O)OC[C@H]1O[C@@H]2OC[C@@H](C)[C@@H]2C[C@@H]1OC(C)=O. The van der Waals surface area contributed by atoms with Gasteiger partial charge in [-0.15, -0.1) is 0 Å². The summed E-state index contributed by atoms with van der Waals surface area (Å²) in [6, 6.07) is 0. The van der Waals surface area contributed by atoms with Crippen molar-refractivity contribution in [2.75, 3.05) is 13.2 Å². The summed E-state index contributed by atoms with van der Waals surface area (Å²) in [5, 5.41) is 0. The van der Waals surface area contributed by atoms with E-state index in [1.54, 1.807) is 0 Å². The molecule has 0 spiro atoms. The molecule has 0 aromatic heterocycles. The van der Waals surface area contributed by atoms with Gasteiger partial charge in [-0.3, -0.25) is 9.59 Å². The van der Waals surface area contributed by atoms with E-state index in [0.717, 1.165) is 0 Å². The summed E-state index contributed by atoms with van der Waals surface area (Å²) in [6.07, 6.45) is -0.457. The third-order valence-electron chi connectivity index (χ3n) is 3.60. The Balaban J connectivity index is 2.01. The lowest BCUT2D eigenvalue weighted by Gasteiger charge is -2.37. The fourth-order valence-corrected chi connectivity index (χ4v) is 2.61. The molecule has 0 aromatic rings. The van der Waals surface area contributed by atoms with Crippen LogP contribution >= 0.6 is 0 Å². The van der Waals surface area contributed by atoms with Gasteiger partial charge in [-0.25, -0.2) is 0 Å². The van der Waals surface area contributed by atoms with Crippen molar-refractivity contribution in [2.24, 2.45) is 11.8 Å². The van der Waals surface area contributed by atoms with Crippen LogP contribution < -0.4 is 0 Å². The van der Waals surface area contributed by atoms with Gasteiger partial charge in [0, 0.05) is 19.8 Å². The topological polar surface area (TPSA) is 71.1 Å². The fourth-order valence-electron chi connectivity index (χ4n) is 2.61. The van der Waals surface area contributed by atoms with Crippen LogP contribution in [0.2, 0.25) is 0 Å². The highest BCUT2D eigenvalue weighted by molar-refractivity contribution is 5.66. The number of rotatable bonds is 3. The lowest BCUT2D eigenvalue weighted by molar-refractivity contribution is -0.236. The molecule has 0 N–H and O–H groups in total. The summed E-state index contributed by atoms with van der Waals surface area (Å²) in [7, 11) is 0. The van der Waals surface area contributed by atoms with E-state index in [2.05, 4.69) is 6.92 Å². The first-order valence-corrected chi connectivity index (χ1v) is 6.55. The highest BCUT2D eigenvalue weighted by Gasteiger charge is 2.46. The Kier molecular flexibility index (Phi) is 4.42. The molecule has 0 aliphatic carbocycles. The van der Waals surface area contributed by atoms with Crippen LogP contribution in [0.15, 0.2) is 0 Å². The molecule has 0 radical (unpaired) electrons. The van der Waals surface area contributed by atoms with E-state index in [1.165, 1.54) is 13.8 Å². The standard InChI is InChI=1S/C13H20O6/c1-7-5-17-13-10(7)4-11(18-9(3)15)12(19-13)6-16-8(2)14/h7,10-13H,4-6H2,1-3H3/t7-,10+,11+,12-,13+/m1/s1. The molecule has 2 fully saturated rings. The number of carbonyl (C=O) groups excluding carboxylic acids is 2. The molecule has 2 aliphatic heterocycles. The molecule has 2 aliphatic rings. The Morgan fingerprint density at radius 2 is 2.00 bits per heavy atom. The maximum atomic E-state index is 11.2. The van der Waals surface area contributed by atoms with E-state index in [4.69, 9.17) is 18.9 Å². The second-order valence-corrected chi connectivity index (χ2v) is 5.20. The van der Waals surface area contributed by atoms with E-state index in [0.29, 0.717) is 18.9 Å². The number of esters is 2. The van der Waals surface area contributed by atoms with Crippen molar-refractivity contribution < 1.29 is 28.5 Å². The highest BCUT2D eigenvalue weighted by atomic mass is 16.7. The van der Waals surface area contributed by atoms with Crippen molar-refractivity contribution in [3.8, 4) is 0 Å². The summed E-state index contributed by atoms with van der Waals surface area (Å²) in [5.74, 6) is -0.143. The van der Waals surface area contributed by atoms with Crippen LogP contribution in [0.1, 0.15) is 27.2 Å². The maximum absolute atomic E-state index is 11.2. The molecule has 0 bridgehead atoms. The maximum Gasteiger partial charge on any atom is 0.302 e. The zero-order valence-corrected chi connectivity index (χ0v) is 11.5. The molecular weight excluding hydrogens is 252 g/mol. The van der Waals surface area contributed by atoms with Gasteiger partial charge in [0.25, 0.3) is 0 Å². The molecule has 0 amide bonds. The first-order valence-electron chi connectivity index (χ1n) is 6.55. The molecule has 6 heteroatoms. The van der Waals surface area contributed by atoms with Crippen molar-refractivity contribution in [3.63, 3.8) is 0 Å². The smallest absolute Gasteiger partial charge is 0.302 e. The largest absolute Gasteiger partial charge is 0.463 e. The van der Waals surface area contributed by atoms with Gasteiger partial charge < -0.3 is 18.9 Å². The summed E-state index contributed by atoms with van der Waals surface area (Å²) in [4.78, 5) is 22.0. The number of hydrogen-bond acceptors (Lipinski definition) is 6. The third-order valence-corrected chi connectivity index (χ3v) is 3.60. The van der Waals surface area contributed by atoms with Crippen LogP contribution in [-0.2, 0) is 28.5 Å². The molecule has 0 saturated carbocycles. The van der Waals surface area contributed by atoms with Gasteiger partial charge in [-0.1, -0.05) is 6.92 Å². The molecule has 0 unspecified atom stereocenters. The second kappa shape index (κ2) is 5.88. The predicted octanol–water partition coefficient (Wildman–Crippen LogP) is 0.879. The quantitative estimate of drug-likeness (QED) is 0.710. The minimum absolute atomic E-state index is 0.0776. The molecule has 6 nitrogen and oxygen atoms in total. The van der Waals surface area contributed by atoms with Gasteiger partial charge in [0.15, 0.2) is 6.29 Å². The summed E-state index contributed by atoms with van der Waals surface area (Å²) in [6.45, 7) is 5.51. The number of ether oxygens (including phenoxy) is 4. The minimum atomic E-state index is -0.459. The number of hydrogen-bond donors (Lipinski definition) is 0. The van der Waals surface area contributed by atoms with Gasteiger partial charge in [-0.05, 0) is 12.3 Å². The first kappa shape index (κ1) is 14.3. The Labute approximate surface area is 112 Å². The highest BCUT2D eigenvalue weighted by Crippen LogP contribution is 2.38. The molecule has 0 aromatic carbocycles. The monoisotopic (exact) mass is 272 g/mol. The van der Waals surface area contributed by atoms with E-state index < -0.39 is 6.10 Å². The van der Waals surface area contributed by atoms with Crippen molar-refractivity contribution in [1.29, 1.82) is 0 Å². The fraction of sp³-hybridized carbons (Fsp3) is 0.846. The van der Waals surface area contributed by atoms with Crippen LogP contribution in [0.3, 0.4) is 0 Å². The van der Waals surface area contributed by atoms with Gasteiger partial charge >= 0.3 is 11.9 Å². The lowest BCUT2D eigenvalue weighted by atomic mass is 9.87. The molecular formula is C13H20O6. The van der Waals surface area contributed by atoms with E-state index in [1.807, 2.05) is 0 Å². The molecule has 108 valence electrons. The minimum Gasteiger partial charge on any atom is -0.463 e. The zero-order chi connectivity index (χ0) is 14.0. The zero-order valence-electron chi connectivity index (χ0n) is 11.5. The Morgan fingerprint density at radius 3 is 2.63 bits per heavy atom. The average Bonchev–Trinajstić information content (AvgIpc) is 2.67. The van der Waals surface area contributed by atoms with E-state index in [-0.39, 0.29) is 36.9 Å². The second-order valence-electron chi connectivity index (χ2n) is 5.20. The van der Waals surface area contributed by atoms with Gasteiger partial charge in [0.1, 0.15) is 18.8 Å². The van der Waals surface area contributed by atoms with Crippen LogP contribution in [-0.4, -0.2) is 43.7 Å². The van der Waals surface area contributed by atoms with Gasteiger partial charge in [0.05, 0.1) is 6.61 Å². The summed E-state index contributed by atoms with van der Waals surface area (Å²) in [5.41, 5.74) is 0.